The third-order valence-corrected chi connectivity index (χ3v) is 7.13. The van der Waals surface area contributed by atoms with Gasteiger partial charge in [-0.2, -0.15) is 5.26 Å². The monoisotopic (exact) mass is 395 g/mol. The number of hydrogen-bond donors (Lipinski definition) is 1. The molecule has 2 atom stereocenters. The lowest BCUT2D eigenvalue weighted by atomic mass is 9.66. The molecule has 1 aromatic carbocycles. The summed E-state index contributed by atoms with van der Waals surface area (Å²) in [6.07, 6.45) is 10.5. The van der Waals surface area contributed by atoms with E-state index >= 15 is 0 Å². The highest BCUT2D eigenvalue weighted by atomic mass is 16.5. The molecular formula is C26H37NO2. The number of hydrogen-bond acceptors (Lipinski definition) is 3. The van der Waals surface area contributed by atoms with Crippen molar-refractivity contribution in [1.82, 2.24) is 0 Å². The molecule has 0 spiro atoms. The molecule has 0 amide bonds. The summed E-state index contributed by atoms with van der Waals surface area (Å²) in [5.41, 5.74) is 3.01. The molecule has 1 aliphatic carbocycles. The molecule has 0 fully saturated rings. The van der Waals surface area contributed by atoms with Crippen LogP contribution < -0.4 is 4.74 Å². The van der Waals surface area contributed by atoms with Crippen LogP contribution in [0.25, 0.3) is 0 Å². The minimum atomic E-state index is -0.289. The largest absolute Gasteiger partial charge is 0.508 e. The molecule has 0 aromatic heterocycles. The predicted octanol–water partition coefficient (Wildman–Crippen LogP) is 7.14. The van der Waals surface area contributed by atoms with Gasteiger partial charge >= 0.3 is 0 Å². The zero-order valence-corrected chi connectivity index (χ0v) is 18.8. The Hall–Kier alpha value is -1.95. The van der Waals surface area contributed by atoms with Gasteiger partial charge in [-0.25, -0.2) is 0 Å². The fourth-order valence-electron chi connectivity index (χ4n) is 5.24. The average Bonchev–Trinajstić information content (AvgIpc) is 2.64. The average molecular weight is 396 g/mol. The van der Waals surface area contributed by atoms with Gasteiger partial charge in [0.25, 0.3) is 0 Å². The van der Waals surface area contributed by atoms with Crippen molar-refractivity contribution in [3.63, 3.8) is 0 Å². The van der Waals surface area contributed by atoms with Gasteiger partial charge in [-0.05, 0) is 56.2 Å². The Labute approximate surface area is 176 Å². The minimum Gasteiger partial charge on any atom is -0.508 e. The fraction of sp³-hybridized carbons (Fsp3) is 0.654. The summed E-state index contributed by atoms with van der Waals surface area (Å²) in [5.74, 6) is 1.73. The van der Waals surface area contributed by atoms with Crippen molar-refractivity contribution < 1.29 is 9.84 Å². The van der Waals surface area contributed by atoms with Crippen molar-refractivity contribution in [2.24, 2.45) is 5.92 Å². The van der Waals surface area contributed by atoms with Gasteiger partial charge in [0.15, 0.2) is 0 Å². The van der Waals surface area contributed by atoms with Gasteiger partial charge in [-0.3, -0.25) is 0 Å². The van der Waals surface area contributed by atoms with Crippen molar-refractivity contribution in [3.8, 4) is 17.6 Å². The molecule has 1 heterocycles. The van der Waals surface area contributed by atoms with Gasteiger partial charge in [0.05, 0.1) is 12.5 Å². The smallest absolute Gasteiger partial charge is 0.127 e. The molecule has 0 saturated heterocycles. The number of benzene rings is 1. The van der Waals surface area contributed by atoms with Crippen molar-refractivity contribution in [3.05, 3.63) is 34.9 Å². The van der Waals surface area contributed by atoms with Crippen molar-refractivity contribution in [2.75, 3.05) is 0 Å². The van der Waals surface area contributed by atoms with Crippen molar-refractivity contribution in [2.45, 2.75) is 103 Å². The molecule has 0 bridgehead atoms. The molecule has 1 N–H and O–H groups in total. The van der Waals surface area contributed by atoms with E-state index in [1.54, 1.807) is 0 Å². The number of nitrogens with zero attached hydrogens (tertiary/aromatic N) is 1. The van der Waals surface area contributed by atoms with Gasteiger partial charge in [0.1, 0.15) is 17.1 Å². The molecular weight excluding hydrogens is 358 g/mol. The topological polar surface area (TPSA) is 53.2 Å². The van der Waals surface area contributed by atoms with Crippen molar-refractivity contribution >= 4 is 0 Å². The highest BCUT2D eigenvalue weighted by Gasteiger charge is 2.46. The van der Waals surface area contributed by atoms with Crippen LogP contribution in [0.4, 0.5) is 0 Å². The number of unbranched alkanes of at least 4 members (excludes halogenated alkanes) is 3. The van der Waals surface area contributed by atoms with Crippen LogP contribution in [0.1, 0.15) is 103 Å². The van der Waals surface area contributed by atoms with E-state index in [-0.39, 0.29) is 16.9 Å². The molecule has 0 radical (unpaired) electrons. The normalized spacial score (nSPS) is 22.7. The molecule has 1 aliphatic heterocycles. The van der Waals surface area contributed by atoms with Gasteiger partial charge in [-0.1, -0.05) is 58.1 Å². The van der Waals surface area contributed by atoms with Crippen LogP contribution in [0.15, 0.2) is 23.8 Å². The number of phenols is 1. The Morgan fingerprint density at radius 1 is 1.24 bits per heavy atom. The van der Waals surface area contributed by atoms with E-state index in [4.69, 9.17) is 10.00 Å². The second-order valence-corrected chi connectivity index (χ2v) is 10.2. The van der Waals surface area contributed by atoms with E-state index in [1.165, 1.54) is 31.3 Å². The standard InChI is InChI=1S/C26H37NO2/c1-6-7-8-9-13-25(2,3)19-16-22(28)24-20-15-18(12-14-27)10-11-21(20)26(4,5)29-23(24)17-19/h10,16-17,20-21,28H,6-9,11-13,15H2,1-5H3. The van der Waals surface area contributed by atoms with E-state index in [0.29, 0.717) is 18.1 Å². The minimum absolute atomic E-state index is 0.00301. The molecule has 158 valence electrons. The van der Waals surface area contributed by atoms with Gasteiger partial charge in [-0.15, -0.1) is 0 Å². The van der Waals surface area contributed by atoms with E-state index < -0.39 is 0 Å². The molecule has 3 rings (SSSR count). The van der Waals surface area contributed by atoms with Gasteiger partial charge in [0.2, 0.25) is 0 Å². The lowest BCUT2D eigenvalue weighted by Crippen LogP contribution is -2.45. The van der Waals surface area contributed by atoms with Crippen LogP contribution in [0.2, 0.25) is 0 Å². The van der Waals surface area contributed by atoms with E-state index in [1.807, 2.05) is 6.07 Å². The SMILES string of the molecule is CCCCCCC(C)(C)c1cc(O)c2c(c1)OC(C)(C)C1CC=C(CC#N)CC21. The van der Waals surface area contributed by atoms with E-state index in [0.717, 1.165) is 36.1 Å². The number of ether oxygens (including phenoxy) is 1. The Kier molecular flexibility index (Phi) is 6.32. The first-order chi connectivity index (χ1) is 13.7. The number of aromatic hydroxyl groups is 1. The highest BCUT2D eigenvalue weighted by molar-refractivity contribution is 5.54. The van der Waals surface area contributed by atoms with E-state index in [2.05, 4.69) is 52.8 Å². The van der Waals surface area contributed by atoms with Crippen LogP contribution in [0.5, 0.6) is 11.5 Å². The third-order valence-electron chi connectivity index (χ3n) is 7.13. The Morgan fingerprint density at radius 2 is 2.00 bits per heavy atom. The second-order valence-electron chi connectivity index (χ2n) is 10.2. The lowest BCUT2D eigenvalue weighted by molar-refractivity contribution is 0.00728. The zero-order valence-electron chi connectivity index (χ0n) is 18.8. The summed E-state index contributed by atoms with van der Waals surface area (Å²) < 4.78 is 6.49. The molecule has 3 heteroatoms. The van der Waals surface area contributed by atoms with Crippen LogP contribution in [-0.2, 0) is 5.41 Å². The summed E-state index contributed by atoms with van der Waals surface area (Å²) in [6.45, 7) is 11.1. The number of fused-ring (bicyclic) bond motifs is 3. The summed E-state index contributed by atoms with van der Waals surface area (Å²) in [5, 5.41) is 20.2. The summed E-state index contributed by atoms with van der Waals surface area (Å²) in [6, 6.07) is 6.44. The number of rotatable bonds is 7. The van der Waals surface area contributed by atoms with Crippen LogP contribution in [-0.4, -0.2) is 10.7 Å². The van der Waals surface area contributed by atoms with Gasteiger partial charge in [0, 0.05) is 17.4 Å². The second kappa shape index (κ2) is 8.42. The maximum atomic E-state index is 11.1. The molecule has 3 nitrogen and oxygen atoms in total. The van der Waals surface area contributed by atoms with Crippen LogP contribution >= 0.6 is 0 Å². The van der Waals surface area contributed by atoms with E-state index in [9.17, 15) is 5.11 Å². The fourth-order valence-corrected chi connectivity index (χ4v) is 5.24. The number of phenolic OH excluding ortho intramolecular Hbond substituents is 1. The summed E-state index contributed by atoms with van der Waals surface area (Å²) in [4.78, 5) is 0. The molecule has 1 aromatic rings. The maximum Gasteiger partial charge on any atom is 0.127 e. The Balaban J connectivity index is 1.93. The van der Waals surface area contributed by atoms with Crippen molar-refractivity contribution in [1.29, 1.82) is 5.26 Å². The Bertz CT molecular complexity index is 813. The van der Waals surface area contributed by atoms with Crippen LogP contribution in [0.3, 0.4) is 0 Å². The van der Waals surface area contributed by atoms with Gasteiger partial charge < -0.3 is 9.84 Å². The predicted molar refractivity (Wildman–Crippen MR) is 118 cm³/mol. The lowest BCUT2D eigenvalue weighted by Gasteiger charge is -2.47. The summed E-state index contributed by atoms with van der Waals surface area (Å²) in [7, 11) is 0. The number of allylic oxidation sites excluding steroid dienone is 2. The maximum absolute atomic E-state index is 11.1. The molecule has 0 saturated carbocycles. The first-order valence-corrected chi connectivity index (χ1v) is 11.3. The highest BCUT2D eigenvalue weighted by Crippen LogP contribution is 2.55. The first-order valence-electron chi connectivity index (χ1n) is 11.3. The quantitative estimate of drug-likeness (QED) is 0.394. The van der Waals surface area contributed by atoms with Crippen LogP contribution in [0, 0.1) is 17.2 Å². The molecule has 2 aliphatic rings. The molecule has 29 heavy (non-hydrogen) atoms. The number of nitriles is 1. The summed E-state index contributed by atoms with van der Waals surface area (Å²) >= 11 is 0. The zero-order chi connectivity index (χ0) is 21.2. The first kappa shape index (κ1) is 21.8. The molecule has 2 unspecified atom stereocenters. The Morgan fingerprint density at radius 3 is 2.69 bits per heavy atom. The third kappa shape index (κ3) is 4.47.